The summed E-state index contributed by atoms with van der Waals surface area (Å²) in [6.45, 7) is 5.64. The molecule has 0 aliphatic carbocycles. The number of imidazole rings is 1. The zero-order valence-electron chi connectivity index (χ0n) is 15.3. The van der Waals surface area contributed by atoms with E-state index in [-0.39, 0.29) is 11.8 Å². The normalized spacial score (nSPS) is 11.0. The van der Waals surface area contributed by atoms with Crippen LogP contribution in [0.2, 0.25) is 0 Å². The molecular weight excluding hydrogens is 326 g/mol. The third-order valence-electron chi connectivity index (χ3n) is 4.22. The lowest BCUT2D eigenvalue weighted by molar-refractivity contribution is -0.124. The molecule has 5 nitrogen and oxygen atoms in total. The van der Waals surface area contributed by atoms with Crippen molar-refractivity contribution in [2.45, 2.75) is 33.4 Å². The zero-order chi connectivity index (χ0) is 18.4. The van der Waals surface area contributed by atoms with E-state index in [1.807, 2.05) is 62.4 Å². The van der Waals surface area contributed by atoms with Crippen LogP contribution in [0.5, 0.6) is 5.75 Å². The maximum absolute atomic E-state index is 11.9. The molecule has 0 atom stereocenters. The van der Waals surface area contributed by atoms with Gasteiger partial charge in [-0.25, -0.2) is 4.98 Å². The fraction of sp³-hybridized carbons (Fsp3) is 0.333. The summed E-state index contributed by atoms with van der Waals surface area (Å²) in [6.07, 6.45) is 0.861. The van der Waals surface area contributed by atoms with Gasteiger partial charge in [-0.3, -0.25) is 4.79 Å². The number of hydrogen-bond acceptors (Lipinski definition) is 3. The quantitative estimate of drug-likeness (QED) is 0.629. The molecule has 1 aromatic heterocycles. The standard InChI is InChI=1S/C21H25N3O2/c1-16(2)21(25)22-15-20-23-18-11-6-7-12-19(18)24(20)13-8-14-26-17-9-4-3-5-10-17/h3-7,9-12,16H,8,13-15H2,1-2H3,(H,22,25). The molecule has 0 saturated heterocycles. The first-order valence-electron chi connectivity index (χ1n) is 9.05. The van der Waals surface area contributed by atoms with Gasteiger partial charge < -0.3 is 14.6 Å². The molecule has 0 saturated carbocycles. The second kappa shape index (κ2) is 8.52. The van der Waals surface area contributed by atoms with Crippen LogP contribution >= 0.6 is 0 Å². The Morgan fingerprint density at radius 3 is 2.62 bits per heavy atom. The van der Waals surface area contributed by atoms with Crippen LogP contribution in [0.15, 0.2) is 54.6 Å². The summed E-state index contributed by atoms with van der Waals surface area (Å²) in [7, 11) is 0. The first-order chi connectivity index (χ1) is 12.6. The van der Waals surface area contributed by atoms with E-state index in [9.17, 15) is 4.79 Å². The first-order valence-corrected chi connectivity index (χ1v) is 9.05. The highest BCUT2D eigenvalue weighted by atomic mass is 16.5. The van der Waals surface area contributed by atoms with Crippen molar-refractivity contribution >= 4 is 16.9 Å². The van der Waals surface area contributed by atoms with E-state index in [0.29, 0.717) is 13.2 Å². The lowest BCUT2D eigenvalue weighted by Gasteiger charge is -2.12. The van der Waals surface area contributed by atoms with Crippen molar-refractivity contribution in [3.63, 3.8) is 0 Å². The van der Waals surface area contributed by atoms with E-state index in [0.717, 1.165) is 35.6 Å². The predicted octanol–water partition coefficient (Wildman–Crippen LogP) is 3.78. The lowest BCUT2D eigenvalue weighted by Crippen LogP contribution is -2.28. The summed E-state index contributed by atoms with van der Waals surface area (Å²) in [5.74, 6) is 1.76. The van der Waals surface area contributed by atoms with Crippen molar-refractivity contribution in [1.29, 1.82) is 0 Å². The molecule has 0 bridgehead atoms. The molecule has 0 spiro atoms. The molecule has 1 heterocycles. The number of nitrogens with zero attached hydrogens (tertiary/aromatic N) is 2. The molecular formula is C21H25N3O2. The minimum absolute atomic E-state index is 0.0351. The number of benzene rings is 2. The van der Waals surface area contributed by atoms with Crippen LogP contribution in [-0.4, -0.2) is 22.1 Å². The molecule has 0 unspecified atom stereocenters. The fourth-order valence-corrected chi connectivity index (χ4v) is 2.81. The van der Waals surface area contributed by atoms with Gasteiger partial charge in [0.15, 0.2) is 0 Å². The van der Waals surface area contributed by atoms with Gasteiger partial charge in [0.1, 0.15) is 11.6 Å². The van der Waals surface area contributed by atoms with Crippen LogP contribution < -0.4 is 10.1 Å². The Morgan fingerprint density at radius 2 is 1.85 bits per heavy atom. The SMILES string of the molecule is CC(C)C(=O)NCc1nc2ccccc2n1CCCOc1ccccc1. The number of aryl methyl sites for hydroxylation is 1. The first kappa shape index (κ1) is 18.0. The molecule has 2 aromatic carbocycles. The topological polar surface area (TPSA) is 56.2 Å². The van der Waals surface area contributed by atoms with E-state index in [2.05, 4.69) is 20.9 Å². The Hall–Kier alpha value is -2.82. The molecule has 26 heavy (non-hydrogen) atoms. The molecule has 0 fully saturated rings. The number of fused-ring (bicyclic) bond motifs is 1. The average molecular weight is 351 g/mol. The molecule has 1 amide bonds. The minimum atomic E-state index is -0.0351. The number of aromatic nitrogens is 2. The highest BCUT2D eigenvalue weighted by molar-refractivity contribution is 5.78. The highest BCUT2D eigenvalue weighted by Crippen LogP contribution is 2.17. The van der Waals surface area contributed by atoms with Crippen LogP contribution in [0.3, 0.4) is 0 Å². The monoisotopic (exact) mass is 351 g/mol. The number of amides is 1. The Kier molecular flexibility index (Phi) is 5.89. The van der Waals surface area contributed by atoms with E-state index in [1.165, 1.54) is 0 Å². The molecule has 3 aromatic rings. The van der Waals surface area contributed by atoms with Gasteiger partial charge in [0.05, 0.1) is 24.2 Å². The molecule has 0 aliphatic rings. The lowest BCUT2D eigenvalue weighted by atomic mass is 10.2. The fourth-order valence-electron chi connectivity index (χ4n) is 2.81. The Bertz CT molecular complexity index is 856. The largest absolute Gasteiger partial charge is 0.494 e. The Balaban J connectivity index is 1.67. The van der Waals surface area contributed by atoms with Gasteiger partial charge in [0.2, 0.25) is 5.91 Å². The molecule has 0 aliphatic heterocycles. The number of ether oxygens (including phenoxy) is 1. The van der Waals surface area contributed by atoms with Crippen molar-refractivity contribution in [2.75, 3.05) is 6.61 Å². The zero-order valence-corrected chi connectivity index (χ0v) is 15.3. The number of rotatable bonds is 8. The number of carbonyl (C=O) groups excluding carboxylic acids is 1. The molecule has 1 N–H and O–H groups in total. The van der Waals surface area contributed by atoms with Crippen LogP contribution in [0, 0.1) is 5.92 Å². The summed E-state index contributed by atoms with van der Waals surface area (Å²) in [6, 6.07) is 17.9. The molecule has 5 heteroatoms. The summed E-state index contributed by atoms with van der Waals surface area (Å²) in [5, 5.41) is 2.96. The van der Waals surface area contributed by atoms with Crippen molar-refractivity contribution in [3.05, 3.63) is 60.4 Å². The van der Waals surface area contributed by atoms with Gasteiger partial charge in [-0.1, -0.05) is 44.2 Å². The number of hydrogen-bond donors (Lipinski definition) is 1. The maximum atomic E-state index is 11.9. The van der Waals surface area contributed by atoms with Gasteiger partial charge in [-0.15, -0.1) is 0 Å². The smallest absolute Gasteiger partial charge is 0.222 e. The van der Waals surface area contributed by atoms with Crippen LogP contribution in [0.25, 0.3) is 11.0 Å². The van der Waals surface area contributed by atoms with Gasteiger partial charge in [0.25, 0.3) is 0 Å². The molecule has 0 radical (unpaired) electrons. The minimum Gasteiger partial charge on any atom is -0.494 e. The third kappa shape index (κ3) is 4.42. The second-order valence-corrected chi connectivity index (χ2v) is 6.56. The molecule has 136 valence electrons. The number of para-hydroxylation sites is 3. The summed E-state index contributed by atoms with van der Waals surface area (Å²) < 4.78 is 7.95. The second-order valence-electron chi connectivity index (χ2n) is 6.56. The highest BCUT2D eigenvalue weighted by Gasteiger charge is 2.12. The van der Waals surface area contributed by atoms with Gasteiger partial charge in [-0.2, -0.15) is 0 Å². The van der Waals surface area contributed by atoms with Crippen LogP contribution in [0.4, 0.5) is 0 Å². The van der Waals surface area contributed by atoms with Crippen molar-refractivity contribution in [3.8, 4) is 5.75 Å². The van der Waals surface area contributed by atoms with E-state index in [4.69, 9.17) is 4.74 Å². The van der Waals surface area contributed by atoms with Crippen LogP contribution in [-0.2, 0) is 17.9 Å². The van der Waals surface area contributed by atoms with E-state index in [1.54, 1.807) is 0 Å². The number of carbonyl (C=O) groups is 1. The van der Waals surface area contributed by atoms with Crippen molar-refractivity contribution in [2.24, 2.45) is 5.92 Å². The van der Waals surface area contributed by atoms with Gasteiger partial charge in [-0.05, 0) is 30.7 Å². The summed E-state index contributed by atoms with van der Waals surface area (Å²) in [4.78, 5) is 16.6. The van der Waals surface area contributed by atoms with E-state index >= 15 is 0 Å². The summed E-state index contributed by atoms with van der Waals surface area (Å²) in [5.41, 5.74) is 2.03. The Labute approximate surface area is 154 Å². The van der Waals surface area contributed by atoms with Gasteiger partial charge >= 0.3 is 0 Å². The number of nitrogens with one attached hydrogen (secondary N) is 1. The van der Waals surface area contributed by atoms with Crippen LogP contribution in [0.1, 0.15) is 26.1 Å². The Morgan fingerprint density at radius 1 is 1.12 bits per heavy atom. The van der Waals surface area contributed by atoms with Crippen molar-refractivity contribution < 1.29 is 9.53 Å². The summed E-state index contributed by atoms with van der Waals surface area (Å²) >= 11 is 0. The van der Waals surface area contributed by atoms with Crippen molar-refractivity contribution in [1.82, 2.24) is 14.9 Å². The maximum Gasteiger partial charge on any atom is 0.222 e. The molecule has 3 rings (SSSR count). The van der Waals surface area contributed by atoms with E-state index < -0.39 is 0 Å². The van der Waals surface area contributed by atoms with Gasteiger partial charge in [0, 0.05) is 12.5 Å². The third-order valence-corrected chi connectivity index (χ3v) is 4.22. The average Bonchev–Trinajstić information content (AvgIpc) is 3.01. The predicted molar refractivity (Wildman–Crippen MR) is 103 cm³/mol.